The number of carbonyl (C=O) groups excluding carboxylic acids is 1. The van der Waals surface area contributed by atoms with E-state index in [1.54, 1.807) is 23.0 Å². The second-order valence-electron chi connectivity index (χ2n) is 6.24. The molecule has 0 bridgehead atoms. The predicted molar refractivity (Wildman–Crippen MR) is 102 cm³/mol. The molecule has 1 amide bonds. The van der Waals surface area contributed by atoms with Crippen molar-refractivity contribution in [2.24, 2.45) is 0 Å². The summed E-state index contributed by atoms with van der Waals surface area (Å²) in [4.78, 5) is 12.6. The van der Waals surface area contributed by atoms with Gasteiger partial charge < -0.3 is 14.8 Å². The lowest BCUT2D eigenvalue weighted by Crippen LogP contribution is -2.40. The van der Waals surface area contributed by atoms with Gasteiger partial charge in [0.15, 0.2) is 11.5 Å². The van der Waals surface area contributed by atoms with Crippen LogP contribution in [0.2, 0.25) is 5.02 Å². The van der Waals surface area contributed by atoms with Crippen molar-refractivity contribution in [2.75, 3.05) is 13.2 Å². The van der Waals surface area contributed by atoms with E-state index in [1.165, 1.54) is 0 Å². The summed E-state index contributed by atoms with van der Waals surface area (Å²) in [6.45, 7) is 2.59. The molecule has 0 saturated heterocycles. The quantitative estimate of drug-likeness (QED) is 0.749. The molecule has 1 aliphatic heterocycles. The summed E-state index contributed by atoms with van der Waals surface area (Å²) in [6.07, 6.45) is 1.32. The summed E-state index contributed by atoms with van der Waals surface area (Å²) in [5, 5.41) is 7.86. The summed E-state index contributed by atoms with van der Waals surface area (Å²) in [5.41, 5.74) is 2.11. The average molecular weight is 384 g/mol. The Bertz CT molecular complexity index is 969. The highest BCUT2D eigenvalue weighted by atomic mass is 35.5. The van der Waals surface area contributed by atoms with Gasteiger partial charge in [-0.25, -0.2) is 4.68 Å². The Labute approximate surface area is 161 Å². The van der Waals surface area contributed by atoms with E-state index in [9.17, 15) is 4.79 Å². The van der Waals surface area contributed by atoms with Gasteiger partial charge in [-0.3, -0.25) is 4.79 Å². The SMILES string of the molecule is Cc1c(C(=O)NC[C@H]2COc3ccccc3O2)cnn1-c1ccc(Cl)cc1. The van der Waals surface area contributed by atoms with Crippen molar-refractivity contribution < 1.29 is 14.3 Å². The lowest BCUT2D eigenvalue weighted by atomic mass is 10.2. The number of benzene rings is 2. The molecule has 0 saturated carbocycles. The van der Waals surface area contributed by atoms with Crippen molar-refractivity contribution in [3.63, 3.8) is 0 Å². The van der Waals surface area contributed by atoms with E-state index in [0.29, 0.717) is 29.5 Å². The number of amides is 1. The van der Waals surface area contributed by atoms with Gasteiger partial charge in [-0.05, 0) is 43.3 Å². The maximum absolute atomic E-state index is 12.6. The molecule has 1 N–H and O–H groups in total. The smallest absolute Gasteiger partial charge is 0.254 e. The fraction of sp³-hybridized carbons (Fsp3) is 0.200. The second kappa shape index (κ2) is 7.32. The number of carbonyl (C=O) groups is 1. The molecular formula is C20H18ClN3O3. The number of hydrogen-bond donors (Lipinski definition) is 1. The highest BCUT2D eigenvalue weighted by Gasteiger charge is 2.22. The Hall–Kier alpha value is -2.99. The summed E-state index contributed by atoms with van der Waals surface area (Å²) in [5.74, 6) is 1.21. The van der Waals surface area contributed by atoms with E-state index in [0.717, 1.165) is 17.1 Å². The van der Waals surface area contributed by atoms with Crippen LogP contribution in [0.15, 0.2) is 54.7 Å². The fourth-order valence-electron chi connectivity index (χ4n) is 2.94. The normalized spacial score (nSPS) is 15.4. The van der Waals surface area contributed by atoms with Crippen molar-refractivity contribution in [1.29, 1.82) is 0 Å². The fourth-order valence-corrected chi connectivity index (χ4v) is 3.07. The summed E-state index contributed by atoms with van der Waals surface area (Å²) in [6, 6.07) is 14.8. The molecule has 1 atom stereocenters. The summed E-state index contributed by atoms with van der Waals surface area (Å²) < 4.78 is 13.2. The number of rotatable bonds is 4. The van der Waals surface area contributed by atoms with E-state index in [-0.39, 0.29) is 12.0 Å². The van der Waals surface area contributed by atoms with E-state index >= 15 is 0 Å². The van der Waals surface area contributed by atoms with Crippen LogP contribution in [0.1, 0.15) is 16.1 Å². The topological polar surface area (TPSA) is 65.4 Å². The van der Waals surface area contributed by atoms with Crippen molar-refractivity contribution in [1.82, 2.24) is 15.1 Å². The zero-order valence-corrected chi connectivity index (χ0v) is 15.4. The molecule has 1 aromatic heterocycles. The molecule has 7 heteroatoms. The molecule has 2 aromatic carbocycles. The predicted octanol–water partition coefficient (Wildman–Crippen LogP) is 3.40. The average Bonchev–Trinajstić information content (AvgIpc) is 3.08. The first-order chi connectivity index (χ1) is 13.1. The maximum atomic E-state index is 12.6. The lowest BCUT2D eigenvalue weighted by Gasteiger charge is -2.26. The van der Waals surface area contributed by atoms with Gasteiger partial charge in [-0.1, -0.05) is 23.7 Å². The largest absolute Gasteiger partial charge is 0.486 e. The molecule has 0 aliphatic carbocycles. The van der Waals surface area contributed by atoms with Crippen LogP contribution in [0.25, 0.3) is 5.69 Å². The van der Waals surface area contributed by atoms with Gasteiger partial charge >= 0.3 is 0 Å². The van der Waals surface area contributed by atoms with Gasteiger partial charge in [-0.15, -0.1) is 0 Å². The molecule has 0 unspecified atom stereocenters. The number of ether oxygens (including phenoxy) is 2. The van der Waals surface area contributed by atoms with Crippen molar-refractivity contribution >= 4 is 17.5 Å². The first kappa shape index (κ1) is 17.4. The third-order valence-electron chi connectivity index (χ3n) is 4.38. The monoisotopic (exact) mass is 383 g/mol. The first-order valence-corrected chi connectivity index (χ1v) is 8.97. The Kier molecular flexibility index (Phi) is 4.73. The van der Waals surface area contributed by atoms with Crippen molar-refractivity contribution in [2.45, 2.75) is 13.0 Å². The summed E-state index contributed by atoms with van der Waals surface area (Å²) in [7, 11) is 0. The van der Waals surface area contributed by atoms with E-state index in [2.05, 4.69) is 10.4 Å². The van der Waals surface area contributed by atoms with Crippen LogP contribution in [-0.2, 0) is 0 Å². The van der Waals surface area contributed by atoms with Gasteiger partial charge in [0.25, 0.3) is 5.91 Å². The Morgan fingerprint density at radius 1 is 1.22 bits per heavy atom. The Morgan fingerprint density at radius 2 is 1.96 bits per heavy atom. The van der Waals surface area contributed by atoms with Gasteiger partial charge in [0.05, 0.1) is 29.7 Å². The van der Waals surface area contributed by atoms with Crippen LogP contribution in [0.3, 0.4) is 0 Å². The molecule has 6 nitrogen and oxygen atoms in total. The minimum absolute atomic E-state index is 0.199. The minimum Gasteiger partial charge on any atom is -0.486 e. The van der Waals surface area contributed by atoms with Crippen molar-refractivity contribution in [3.05, 3.63) is 71.0 Å². The van der Waals surface area contributed by atoms with Crippen molar-refractivity contribution in [3.8, 4) is 17.2 Å². The van der Waals surface area contributed by atoms with Gasteiger partial charge in [-0.2, -0.15) is 5.10 Å². The van der Waals surface area contributed by atoms with Crippen LogP contribution in [0.4, 0.5) is 0 Å². The van der Waals surface area contributed by atoms with Gasteiger partial charge in [0.2, 0.25) is 0 Å². The third kappa shape index (κ3) is 3.61. The van der Waals surface area contributed by atoms with E-state index in [4.69, 9.17) is 21.1 Å². The molecule has 138 valence electrons. The molecule has 3 aromatic rings. The van der Waals surface area contributed by atoms with Crippen LogP contribution in [0, 0.1) is 6.92 Å². The molecule has 0 radical (unpaired) electrons. The molecule has 27 heavy (non-hydrogen) atoms. The van der Waals surface area contributed by atoms with Crippen LogP contribution in [-0.4, -0.2) is 34.9 Å². The van der Waals surface area contributed by atoms with E-state index in [1.807, 2.05) is 43.3 Å². The van der Waals surface area contributed by atoms with Crippen LogP contribution < -0.4 is 14.8 Å². The Morgan fingerprint density at radius 3 is 2.74 bits per heavy atom. The van der Waals surface area contributed by atoms with Gasteiger partial charge in [0.1, 0.15) is 12.7 Å². The molecule has 0 spiro atoms. The summed E-state index contributed by atoms with van der Waals surface area (Å²) >= 11 is 5.93. The zero-order chi connectivity index (χ0) is 18.8. The molecule has 2 heterocycles. The van der Waals surface area contributed by atoms with Crippen LogP contribution >= 0.6 is 11.6 Å². The highest BCUT2D eigenvalue weighted by molar-refractivity contribution is 6.30. The molecule has 0 fully saturated rings. The van der Waals surface area contributed by atoms with Crippen LogP contribution in [0.5, 0.6) is 11.5 Å². The third-order valence-corrected chi connectivity index (χ3v) is 4.64. The molecule has 1 aliphatic rings. The van der Waals surface area contributed by atoms with Gasteiger partial charge in [0, 0.05) is 5.02 Å². The number of aromatic nitrogens is 2. The number of halogens is 1. The maximum Gasteiger partial charge on any atom is 0.254 e. The number of nitrogens with one attached hydrogen (secondary N) is 1. The number of hydrogen-bond acceptors (Lipinski definition) is 4. The first-order valence-electron chi connectivity index (χ1n) is 8.59. The number of para-hydroxylation sites is 2. The second-order valence-corrected chi connectivity index (χ2v) is 6.68. The number of nitrogens with zero attached hydrogens (tertiary/aromatic N) is 2. The molecule has 4 rings (SSSR count). The zero-order valence-electron chi connectivity index (χ0n) is 14.7. The van der Waals surface area contributed by atoms with E-state index < -0.39 is 0 Å². The standard InChI is InChI=1S/C20H18ClN3O3/c1-13-17(11-23-24(13)15-8-6-14(21)7-9-15)20(25)22-10-16-12-26-18-4-2-3-5-19(18)27-16/h2-9,11,16H,10,12H2,1H3,(H,22,25)/t16-/m0/s1. The Balaban J connectivity index is 1.41. The highest BCUT2D eigenvalue weighted by Crippen LogP contribution is 2.30. The molecular weight excluding hydrogens is 366 g/mol. The number of fused-ring (bicyclic) bond motifs is 1. The minimum atomic E-state index is -0.240. The lowest BCUT2D eigenvalue weighted by molar-refractivity contribution is 0.0789.